The van der Waals surface area contributed by atoms with Crippen LogP contribution in [0.1, 0.15) is 49.9 Å². The third kappa shape index (κ3) is 4.60. The number of fused-ring (bicyclic) bond motifs is 6. The van der Waals surface area contributed by atoms with Crippen LogP contribution in [0.5, 0.6) is 0 Å². The van der Waals surface area contributed by atoms with Crippen molar-refractivity contribution in [1.29, 1.82) is 0 Å². The van der Waals surface area contributed by atoms with Gasteiger partial charge in [0.25, 0.3) is 0 Å². The Morgan fingerprint density at radius 2 is 0.979 bits per heavy atom. The second-order valence-corrected chi connectivity index (χ2v) is 19.2. The molecule has 6 aromatic rings. The molecule has 0 saturated carbocycles. The van der Waals surface area contributed by atoms with Crippen LogP contribution in [0.25, 0.3) is 33.4 Å². The molecule has 47 heavy (non-hydrogen) atoms. The van der Waals surface area contributed by atoms with Crippen molar-refractivity contribution in [2.45, 2.75) is 43.4 Å². The molecular formula is C45H43NS. The van der Waals surface area contributed by atoms with Crippen molar-refractivity contribution < 1.29 is 0 Å². The fourth-order valence-corrected chi connectivity index (χ4v) is 8.96. The quantitative estimate of drug-likeness (QED) is 0.183. The van der Waals surface area contributed by atoms with Crippen LogP contribution in [0.2, 0.25) is 0 Å². The summed E-state index contributed by atoms with van der Waals surface area (Å²) in [5.74, 6) is 0. The largest absolute Gasteiger partial charge is 0.310 e. The zero-order chi connectivity index (χ0) is 32.7. The summed E-state index contributed by atoms with van der Waals surface area (Å²) in [5.41, 5.74) is 17.0. The number of nitrogens with zero attached hydrogens (tertiary/aromatic N) is 1. The van der Waals surface area contributed by atoms with Crippen LogP contribution >= 0.6 is 10.0 Å². The summed E-state index contributed by atoms with van der Waals surface area (Å²) in [7, 11) is -0.834. The van der Waals surface area contributed by atoms with Crippen molar-refractivity contribution >= 4 is 27.1 Å². The molecule has 2 aliphatic carbocycles. The first-order valence-electron chi connectivity index (χ1n) is 16.6. The van der Waals surface area contributed by atoms with Crippen LogP contribution in [0.3, 0.4) is 0 Å². The lowest BCUT2D eigenvalue weighted by Crippen LogP contribution is -2.17. The third-order valence-corrected chi connectivity index (χ3v) is 12.3. The average Bonchev–Trinajstić information content (AvgIpc) is 3.44. The maximum Gasteiger partial charge on any atom is 0.0543 e. The standard InChI is InChI=1S/C45H43NS/c1-44(2)38-17-12-11-16-35(38)36-28-41-37(29-40(36)44)43-39(45(41,3)4)18-13-19-42(43)46(33-24-26-34(27-25-33)47(5,6)7)32-22-20-31(21-23-32)30-14-9-8-10-15-30/h8-29H,1-7H3. The summed E-state index contributed by atoms with van der Waals surface area (Å²) in [4.78, 5) is 3.90. The Morgan fingerprint density at radius 3 is 1.66 bits per heavy atom. The number of hydrogen-bond acceptors (Lipinski definition) is 1. The first kappa shape index (κ1) is 29.8. The highest BCUT2D eigenvalue weighted by Crippen LogP contribution is 2.59. The molecule has 6 aromatic carbocycles. The van der Waals surface area contributed by atoms with Crippen molar-refractivity contribution in [3.05, 3.63) is 156 Å². The predicted octanol–water partition coefficient (Wildman–Crippen LogP) is 12.5. The number of hydrogen-bond donors (Lipinski definition) is 0. The van der Waals surface area contributed by atoms with Gasteiger partial charge in [-0.3, -0.25) is 0 Å². The Morgan fingerprint density at radius 1 is 0.447 bits per heavy atom. The zero-order valence-corrected chi connectivity index (χ0v) is 29.4. The van der Waals surface area contributed by atoms with E-state index >= 15 is 0 Å². The fourth-order valence-electron chi connectivity index (χ4n) is 8.01. The van der Waals surface area contributed by atoms with E-state index in [1.807, 2.05) is 0 Å². The van der Waals surface area contributed by atoms with Gasteiger partial charge in [-0.05, 0) is 128 Å². The van der Waals surface area contributed by atoms with Crippen molar-refractivity contribution in [1.82, 2.24) is 0 Å². The molecule has 0 fully saturated rings. The van der Waals surface area contributed by atoms with E-state index in [9.17, 15) is 0 Å². The molecule has 0 saturated heterocycles. The molecule has 0 bridgehead atoms. The van der Waals surface area contributed by atoms with Gasteiger partial charge in [-0.1, -0.05) is 107 Å². The monoisotopic (exact) mass is 629 g/mol. The summed E-state index contributed by atoms with van der Waals surface area (Å²) in [6.07, 6.45) is 7.09. The van der Waals surface area contributed by atoms with Crippen LogP contribution in [0.15, 0.2) is 138 Å². The van der Waals surface area contributed by atoms with Crippen LogP contribution < -0.4 is 4.90 Å². The van der Waals surface area contributed by atoms with E-state index < -0.39 is 10.0 Å². The maximum atomic E-state index is 2.53. The maximum absolute atomic E-state index is 2.53. The lowest BCUT2D eigenvalue weighted by Gasteiger charge is -2.30. The summed E-state index contributed by atoms with van der Waals surface area (Å²) in [6, 6.07) is 50.0. The van der Waals surface area contributed by atoms with E-state index in [2.05, 4.69) is 185 Å². The summed E-state index contributed by atoms with van der Waals surface area (Å²) in [5, 5.41) is 0. The molecule has 0 heterocycles. The van der Waals surface area contributed by atoms with Gasteiger partial charge in [-0.25, -0.2) is 10.0 Å². The molecule has 1 nitrogen and oxygen atoms in total. The lowest BCUT2D eigenvalue weighted by molar-refractivity contribution is 0.652. The highest BCUT2D eigenvalue weighted by atomic mass is 32.3. The van der Waals surface area contributed by atoms with Gasteiger partial charge in [-0.2, -0.15) is 0 Å². The molecule has 2 aliphatic rings. The van der Waals surface area contributed by atoms with E-state index in [1.165, 1.54) is 71.9 Å². The van der Waals surface area contributed by atoms with Gasteiger partial charge in [0.1, 0.15) is 0 Å². The predicted molar refractivity (Wildman–Crippen MR) is 205 cm³/mol. The molecular weight excluding hydrogens is 587 g/mol. The van der Waals surface area contributed by atoms with Crippen LogP contribution in [-0.4, -0.2) is 18.8 Å². The van der Waals surface area contributed by atoms with Gasteiger partial charge >= 0.3 is 0 Å². The van der Waals surface area contributed by atoms with Crippen LogP contribution in [-0.2, 0) is 10.8 Å². The average molecular weight is 630 g/mol. The molecule has 0 N–H and O–H groups in total. The van der Waals surface area contributed by atoms with E-state index in [0.29, 0.717) is 0 Å². The smallest absolute Gasteiger partial charge is 0.0543 e. The van der Waals surface area contributed by atoms with Gasteiger partial charge in [-0.15, -0.1) is 0 Å². The van der Waals surface area contributed by atoms with E-state index in [4.69, 9.17) is 0 Å². The minimum atomic E-state index is -0.834. The van der Waals surface area contributed by atoms with Gasteiger partial charge in [0.05, 0.1) is 5.69 Å². The fraction of sp³-hybridized carbons (Fsp3) is 0.200. The highest BCUT2D eigenvalue weighted by molar-refractivity contribution is 8.32. The van der Waals surface area contributed by atoms with Gasteiger partial charge in [0.15, 0.2) is 0 Å². The molecule has 0 radical (unpaired) electrons. The molecule has 0 amide bonds. The van der Waals surface area contributed by atoms with E-state index in [0.717, 1.165) is 5.69 Å². The Hall–Kier alpha value is -4.53. The molecule has 8 rings (SSSR count). The molecule has 0 unspecified atom stereocenters. The van der Waals surface area contributed by atoms with Crippen molar-refractivity contribution in [3.8, 4) is 33.4 Å². The van der Waals surface area contributed by atoms with Gasteiger partial charge < -0.3 is 4.90 Å². The minimum absolute atomic E-state index is 0.0547. The summed E-state index contributed by atoms with van der Waals surface area (Å²) >= 11 is 0. The van der Waals surface area contributed by atoms with E-state index in [1.54, 1.807) is 0 Å². The number of anilines is 3. The molecule has 2 heteroatoms. The highest BCUT2D eigenvalue weighted by Gasteiger charge is 2.42. The first-order valence-corrected chi connectivity index (χ1v) is 19.5. The molecule has 0 aliphatic heterocycles. The molecule has 0 atom stereocenters. The number of rotatable bonds is 5. The second-order valence-electron chi connectivity index (χ2n) is 15.0. The Balaban J connectivity index is 1.34. The topological polar surface area (TPSA) is 3.24 Å². The second kappa shape index (κ2) is 10.5. The van der Waals surface area contributed by atoms with Crippen LogP contribution in [0.4, 0.5) is 17.1 Å². The molecule has 234 valence electrons. The lowest BCUT2D eigenvalue weighted by atomic mass is 9.79. The normalized spacial score (nSPS) is 15.4. The van der Waals surface area contributed by atoms with Crippen molar-refractivity contribution in [3.63, 3.8) is 0 Å². The minimum Gasteiger partial charge on any atom is -0.310 e. The SMILES string of the molecule is CC1(C)c2ccccc2-c2cc3c(cc21)-c1c(N(c2ccc(-c4ccccc4)cc2)c2ccc(S(C)(C)C)cc2)cccc1C3(C)C. The number of benzene rings is 6. The van der Waals surface area contributed by atoms with Crippen molar-refractivity contribution in [2.24, 2.45) is 0 Å². The summed E-state index contributed by atoms with van der Waals surface area (Å²) < 4.78 is 0. The Labute approximate surface area is 282 Å². The Kier molecular flexibility index (Phi) is 6.66. The van der Waals surface area contributed by atoms with Gasteiger partial charge in [0.2, 0.25) is 0 Å². The third-order valence-electron chi connectivity index (χ3n) is 10.7. The van der Waals surface area contributed by atoms with Crippen molar-refractivity contribution in [2.75, 3.05) is 23.7 Å². The zero-order valence-electron chi connectivity index (χ0n) is 28.6. The van der Waals surface area contributed by atoms with E-state index in [-0.39, 0.29) is 10.8 Å². The van der Waals surface area contributed by atoms with Gasteiger partial charge in [0, 0.05) is 27.8 Å². The first-order chi connectivity index (χ1) is 22.5. The Bertz CT molecular complexity index is 2150. The molecule has 0 spiro atoms. The van der Waals surface area contributed by atoms with Crippen LogP contribution in [0, 0.1) is 0 Å². The summed E-state index contributed by atoms with van der Waals surface area (Å²) in [6.45, 7) is 9.58. The molecule has 0 aromatic heterocycles.